The number of hydrogen-bond acceptors (Lipinski definition) is 6. The van der Waals surface area contributed by atoms with Gasteiger partial charge in [0.1, 0.15) is 6.33 Å². The molecule has 3 aromatic heterocycles. The summed E-state index contributed by atoms with van der Waals surface area (Å²) in [4.78, 5) is 23.4. The number of benzene rings is 1. The molecule has 0 saturated carbocycles. The maximum absolute atomic E-state index is 13.2. The lowest BCUT2D eigenvalue weighted by Crippen LogP contribution is -2.39. The van der Waals surface area contributed by atoms with Crippen molar-refractivity contribution in [2.75, 3.05) is 19.3 Å². The molecule has 1 aliphatic rings. The highest BCUT2D eigenvalue weighted by molar-refractivity contribution is 7.89. The van der Waals surface area contributed by atoms with Crippen LogP contribution in [0.25, 0.3) is 16.7 Å². The fourth-order valence-electron chi connectivity index (χ4n) is 4.19. The maximum Gasteiger partial charge on any atom is 0.253 e. The minimum Gasteiger partial charge on any atom is -0.338 e. The molecule has 154 valence electrons. The zero-order valence-electron chi connectivity index (χ0n) is 16.3. The summed E-state index contributed by atoms with van der Waals surface area (Å²) in [6.45, 7) is 1.27. The van der Waals surface area contributed by atoms with Crippen LogP contribution in [-0.4, -0.2) is 62.1 Å². The zero-order valence-corrected chi connectivity index (χ0v) is 17.2. The molecule has 1 aliphatic heterocycles. The quantitative estimate of drug-likeness (QED) is 0.498. The molecule has 9 nitrogen and oxygen atoms in total. The molecule has 5 rings (SSSR count). The van der Waals surface area contributed by atoms with Crippen molar-refractivity contribution in [3.05, 3.63) is 60.3 Å². The molecule has 10 heteroatoms. The lowest BCUT2D eigenvalue weighted by atomic mass is 9.94. The molecule has 1 unspecified atom stereocenters. The van der Waals surface area contributed by atoms with Crippen LogP contribution in [0.1, 0.15) is 34.8 Å². The Labute approximate surface area is 173 Å². The Morgan fingerprint density at radius 2 is 2.03 bits per heavy atom. The molecule has 4 heterocycles. The van der Waals surface area contributed by atoms with Crippen LogP contribution in [0, 0.1) is 0 Å². The second kappa shape index (κ2) is 6.91. The number of piperidine rings is 1. The van der Waals surface area contributed by atoms with E-state index in [2.05, 4.69) is 15.1 Å². The third-order valence-electron chi connectivity index (χ3n) is 5.60. The van der Waals surface area contributed by atoms with E-state index < -0.39 is 10.0 Å². The standard InChI is InChI=1S/C20H20N6O3S/c1-30(28,29)25-10-7-14-11-15(4-5-17(14)25)19(27)24-9-2-3-16(12-24)18-6-8-21-20-22-13-23-26(18)20/h4-8,10-11,13,16H,2-3,9,12H2,1H3. The van der Waals surface area contributed by atoms with Gasteiger partial charge in [-0.15, -0.1) is 0 Å². The van der Waals surface area contributed by atoms with Gasteiger partial charge in [-0.2, -0.15) is 10.1 Å². The Hall–Kier alpha value is -3.27. The lowest BCUT2D eigenvalue weighted by Gasteiger charge is -2.33. The number of aromatic nitrogens is 5. The van der Waals surface area contributed by atoms with Crippen molar-refractivity contribution in [3.63, 3.8) is 0 Å². The van der Waals surface area contributed by atoms with Gasteiger partial charge in [-0.3, -0.25) is 4.79 Å². The summed E-state index contributed by atoms with van der Waals surface area (Å²) in [5.41, 5.74) is 2.11. The van der Waals surface area contributed by atoms with Gasteiger partial charge < -0.3 is 4.90 Å². The van der Waals surface area contributed by atoms with Gasteiger partial charge >= 0.3 is 0 Å². The van der Waals surface area contributed by atoms with E-state index in [4.69, 9.17) is 0 Å². The van der Waals surface area contributed by atoms with Crippen molar-refractivity contribution in [2.24, 2.45) is 0 Å². The Morgan fingerprint density at radius 3 is 2.87 bits per heavy atom. The van der Waals surface area contributed by atoms with Gasteiger partial charge in [-0.05, 0) is 43.2 Å². The van der Waals surface area contributed by atoms with E-state index in [-0.39, 0.29) is 11.8 Å². The van der Waals surface area contributed by atoms with Gasteiger partial charge in [0.05, 0.1) is 17.5 Å². The topological polar surface area (TPSA) is 102 Å². The first-order chi connectivity index (χ1) is 14.4. The predicted molar refractivity (Wildman–Crippen MR) is 111 cm³/mol. The second-order valence-electron chi connectivity index (χ2n) is 7.58. The van der Waals surface area contributed by atoms with E-state index in [1.807, 2.05) is 11.0 Å². The van der Waals surface area contributed by atoms with Crippen molar-refractivity contribution in [1.29, 1.82) is 0 Å². The van der Waals surface area contributed by atoms with Crippen LogP contribution in [0.3, 0.4) is 0 Å². The molecule has 1 saturated heterocycles. The normalized spacial score (nSPS) is 17.6. The Balaban J connectivity index is 1.43. The summed E-state index contributed by atoms with van der Waals surface area (Å²) < 4.78 is 26.7. The summed E-state index contributed by atoms with van der Waals surface area (Å²) in [7, 11) is -3.39. The number of amides is 1. The number of rotatable bonds is 3. The summed E-state index contributed by atoms with van der Waals surface area (Å²) >= 11 is 0. The third-order valence-corrected chi connectivity index (χ3v) is 6.63. The first-order valence-corrected chi connectivity index (χ1v) is 11.5. The van der Waals surface area contributed by atoms with E-state index in [0.29, 0.717) is 29.9 Å². The first kappa shape index (κ1) is 18.7. The Morgan fingerprint density at radius 1 is 1.17 bits per heavy atom. The van der Waals surface area contributed by atoms with Crippen LogP contribution in [0.5, 0.6) is 0 Å². The van der Waals surface area contributed by atoms with Crippen molar-refractivity contribution in [3.8, 4) is 0 Å². The first-order valence-electron chi connectivity index (χ1n) is 9.67. The van der Waals surface area contributed by atoms with Crippen LogP contribution in [0.4, 0.5) is 0 Å². The van der Waals surface area contributed by atoms with E-state index in [9.17, 15) is 13.2 Å². The molecule has 4 aromatic rings. The van der Waals surface area contributed by atoms with Crippen LogP contribution in [0.2, 0.25) is 0 Å². The molecule has 0 radical (unpaired) electrons. The SMILES string of the molecule is CS(=O)(=O)n1ccc2cc(C(=O)N3CCCC(c4ccnc5ncnn45)C3)ccc21. The summed E-state index contributed by atoms with van der Waals surface area (Å²) in [6, 6.07) is 8.78. The van der Waals surface area contributed by atoms with E-state index in [1.165, 1.54) is 16.5 Å². The molecule has 30 heavy (non-hydrogen) atoms. The van der Waals surface area contributed by atoms with Crippen LogP contribution >= 0.6 is 0 Å². The molecule has 1 atom stereocenters. The molecule has 0 aliphatic carbocycles. The summed E-state index contributed by atoms with van der Waals surface area (Å²) in [6.07, 6.45) is 7.72. The number of carbonyl (C=O) groups is 1. The van der Waals surface area contributed by atoms with Crippen molar-refractivity contribution in [2.45, 2.75) is 18.8 Å². The molecular weight excluding hydrogens is 404 g/mol. The van der Waals surface area contributed by atoms with E-state index in [0.717, 1.165) is 30.2 Å². The second-order valence-corrected chi connectivity index (χ2v) is 9.44. The van der Waals surface area contributed by atoms with Crippen LogP contribution in [-0.2, 0) is 10.0 Å². The number of carbonyl (C=O) groups excluding carboxylic acids is 1. The van der Waals surface area contributed by atoms with Gasteiger partial charge in [-0.1, -0.05) is 0 Å². The molecule has 1 amide bonds. The minimum atomic E-state index is -3.39. The van der Waals surface area contributed by atoms with E-state index >= 15 is 0 Å². The smallest absolute Gasteiger partial charge is 0.253 e. The number of fused-ring (bicyclic) bond motifs is 2. The predicted octanol–water partition coefficient (Wildman–Crippen LogP) is 1.91. The molecule has 1 aromatic carbocycles. The zero-order chi connectivity index (χ0) is 20.9. The summed E-state index contributed by atoms with van der Waals surface area (Å²) in [5.74, 6) is 0.638. The van der Waals surface area contributed by atoms with Crippen LogP contribution in [0.15, 0.2) is 49.1 Å². The van der Waals surface area contributed by atoms with Crippen molar-refractivity contribution < 1.29 is 13.2 Å². The van der Waals surface area contributed by atoms with Gasteiger partial charge in [0.2, 0.25) is 10.0 Å². The molecule has 0 N–H and O–H groups in total. The average molecular weight is 424 g/mol. The van der Waals surface area contributed by atoms with Gasteiger partial charge in [0, 0.05) is 42.4 Å². The fourth-order valence-corrected chi connectivity index (χ4v) is 5.00. The van der Waals surface area contributed by atoms with Gasteiger partial charge in [-0.25, -0.2) is 21.9 Å². The van der Waals surface area contributed by atoms with Gasteiger partial charge in [0.25, 0.3) is 11.7 Å². The molecule has 0 bridgehead atoms. The highest BCUT2D eigenvalue weighted by Gasteiger charge is 2.27. The van der Waals surface area contributed by atoms with Crippen molar-refractivity contribution >= 4 is 32.6 Å². The Bertz CT molecular complexity index is 1370. The molecule has 1 fully saturated rings. The molecular formula is C20H20N6O3S. The van der Waals surface area contributed by atoms with Gasteiger partial charge in [0.15, 0.2) is 0 Å². The highest BCUT2D eigenvalue weighted by Crippen LogP contribution is 2.28. The average Bonchev–Trinajstić information content (AvgIpc) is 3.39. The van der Waals surface area contributed by atoms with Crippen LogP contribution < -0.4 is 0 Å². The molecule has 0 spiro atoms. The largest absolute Gasteiger partial charge is 0.338 e. The monoisotopic (exact) mass is 424 g/mol. The van der Waals surface area contributed by atoms with Crippen molar-refractivity contribution in [1.82, 2.24) is 28.5 Å². The third kappa shape index (κ3) is 3.13. The Kier molecular flexibility index (Phi) is 4.31. The van der Waals surface area contributed by atoms with E-state index in [1.54, 1.807) is 35.0 Å². The fraction of sp³-hybridized carbons (Fsp3) is 0.300. The highest BCUT2D eigenvalue weighted by atomic mass is 32.2. The number of likely N-dealkylation sites (tertiary alicyclic amines) is 1. The minimum absolute atomic E-state index is 0.0578. The lowest BCUT2D eigenvalue weighted by molar-refractivity contribution is 0.0705. The number of nitrogens with zero attached hydrogens (tertiary/aromatic N) is 6. The number of hydrogen-bond donors (Lipinski definition) is 0. The maximum atomic E-state index is 13.2. The summed E-state index contributed by atoms with van der Waals surface area (Å²) in [5, 5.41) is 4.99.